The number of benzene rings is 1. The van der Waals surface area contributed by atoms with Gasteiger partial charge in [-0.2, -0.15) is 0 Å². The maximum atomic E-state index is 13.1. The summed E-state index contributed by atoms with van der Waals surface area (Å²) in [6.07, 6.45) is 7.27. The van der Waals surface area contributed by atoms with Crippen molar-refractivity contribution in [2.75, 3.05) is 19.0 Å². The van der Waals surface area contributed by atoms with Crippen molar-refractivity contribution in [2.45, 2.75) is 12.5 Å². The SMILES string of the molecule is CN(C)C(=O)C1Cc2cccc3c2N1C=CN=C3C1=C(c2cnc3ccccn23)C(=O)NC1=O. The second-order valence-electron chi connectivity index (χ2n) is 8.55. The molecule has 6 rings (SSSR count). The van der Waals surface area contributed by atoms with Gasteiger partial charge in [-0.1, -0.05) is 24.3 Å². The standard InChI is InChI=1S/C25H20N6O3/c1-29(2)25(34)16-12-14-6-5-7-15-21(26-9-11-31(16)22(14)15)20-19(23(32)28-24(20)33)17-13-27-18-8-3-4-10-30(17)18/h3-11,13,16H,12H2,1-2H3,(H,28,32,33). The molecule has 0 saturated carbocycles. The quantitative estimate of drug-likeness (QED) is 0.608. The van der Waals surface area contributed by atoms with E-state index in [0.717, 1.165) is 11.3 Å². The van der Waals surface area contributed by atoms with E-state index in [1.807, 2.05) is 41.3 Å². The van der Waals surface area contributed by atoms with Crippen molar-refractivity contribution >= 4 is 40.3 Å². The number of fused-ring (bicyclic) bond motifs is 1. The van der Waals surface area contributed by atoms with Crippen LogP contribution in [-0.4, -0.2) is 57.9 Å². The molecule has 9 nitrogen and oxygen atoms in total. The van der Waals surface area contributed by atoms with Gasteiger partial charge in [0.15, 0.2) is 0 Å². The van der Waals surface area contributed by atoms with Gasteiger partial charge in [0.05, 0.1) is 34.4 Å². The van der Waals surface area contributed by atoms with Gasteiger partial charge in [0.2, 0.25) is 5.91 Å². The molecule has 2 aromatic heterocycles. The zero-order valence-corrected chi connectivity index (χ0v) is 18.5. The summed E-state index contributed by atoms with van der Waals surface area (Å²) in [5.74, 6) is -1.02. The van der Waals surface area contributed by atoms with Crippen LogP contribution in [0.4, 0.5) is 5.69 Å². The van der Waals surface area contributed by atoms with E-state index in [2.05, 4.69) is 15.3 Å². The Hall–Kier alpha value is -4.53. The number of rotatable bonds is 3. The molecule has 3 aliphatic rings. The molecule has 3 amide bonds. The minimum absolute atomic E-state index is 0.0188. The van der Waals surface area contributed by atoms with Crippen molar-refractivity contribution in [3.63, 3.8) is 0 Å². The van der Waals surface area contributed by atoms with Gasteiger partial charge in [-0.05, 0) is 17.7 Å². The number of hydrogen-bond donors (Lipinski definition) is 1. The van der Waals surface area contributed by atoms with Gasteiger partial charge in [0, 0.05) is 44.7 Å². The Morgan fingerprint density at radius 3 is 2.74 bits per heavy atom. The molecule has 9 heteroatoms. The summed E-state index contributed by atoms with van der Waals surface area (Å²) in [6.45, 7) is 0. The summed E-state index contributed by atoms with van der Waals surface area (Å²) in [7, 11) is 3.47. The van der Waals surface area contributed by atoms with Crippen LogP contribution in [0.3, 0.4) is 0 Å². The number of carbonyl (C=O) groups is 3. The van der Waals surface area contributed by atoms with E-state index in [1.165, 1.54) is 0 Å². The second kappa shape index (κ2) is 7.24. The summed E-state index contributed by atoms with van der Waals surface area (Å²) in [4.78, 5) is 51.4. The first-order chi connectivity index (χ1) is 16.5. The van der Waals surface area contributed by atoms with Crippen LogP contribution in [0.5, 0.6) is 0 Å². The van der Waals surface area contributed by atoms with Crippen molar-refractivity contribution in [3.05, 3.63) is 83.6 Å². The highest BCUT2D eigenvalue weighted by molar-refractivity contribution is 6.47. The summed E-state index contributed by atoms with van der Waals surface area (Å²) in [5, 5.41) is 2.43. The van der Waals surface area contributed by atoms with E-state index < -0.39 is 17.9 Å². The molecule has 0 saturated heterocycles. The smallest absolute Gasteiger partial charge is 0.261 e. The molecule has 3 aromatic rings. The molecular formula is C25H20N6O3. The molecule has 3 aliphatic heterocycles. The molecule has 1 N–H and O–H groups in total. The normalized spacial score (nSPS) is 18.8. The zero-order chi connectivity index (χ0) is 23.6. The number of imidazole rings is 1. The molecule has 34 heavy (non-hydrogen) atoms. The number of nitrogens with zero attached hydrogens (tertiary/aromatic N) is 5. The topological polar surface area (TPSA) is 99.4 Å². The van der Waals surface area contributed by atoms with Gasteiger partial charge in [-0.25, -0.2) is 4.98 Å². The molecule has 5 heterocycles. The van der Waals surface area contributed by atoms with Gasteiger partial charge in [0.25, 0.3) is 11.8 Å². The predicted molar refractivity (Wildman–Crippen MR) is 126 cm³/mol. The Labute approximate surface area is 194 Å². The highest BCUT2D eigenvalue weighted by atomic mass is 16.2. The minimum Gasteiger partial charge on any atom is -0.347 e. The average molecular weight is 452 g/mol. The van der Waals surface area contributed by atoms with E-state index in [0.29, 0.717) is 29.0 Å². The van der Waals surface area contributed by atoms with Gasteiger partial charge >= 0.3 is 0 Å². The van der Waals surface area contributed by atoms with Crippen LogP contribution in [-0.2, 0) is 20.8 Å². The lowest BCUT2D eigenvalue weighted by Crippen LogP contribution is -2.42. The lowest BCUT2D eigenvalue weighted by molar-refractivity contribution is -0.130. The summed E-state index contributed by atoms with van der Waals surface area (Å²) >= 11 is 0. The van der Waals surface area contributed by atoms with Gasteiger partial charge < -0.3 is 9.80 Å². The molecule has 1 aromatic carbocycles. The van der Waals surface area contributed by atoms with Crippen molar-refractivity contribution in [2.24, 2.45) is 4.99 Å². The number of nitrogens with one attached hydrogen (secondary N) is 1. The van der Waals surface area contributed by atoms with Crippen molar-refractivity contribution in [1.82, 2.24) is 19.6 Å². The maximum Gasteiger partial charge on any atom is 0.261 e. The largest absolute Gasteiger partial charge is 0.347 e. The van der Waals surface area contributed by atoms with Crippen molar-refractivity contribution < 1.29 is 14.4 Å². The minimum atomic E-state index is -0.511. The van der Waals surface area contributed by atoms with Crippen molar-refractivity contribution in [1.29, 1.82) is 0 Å². The lowest BCUT2D eigenvalue weighted by Gasteiger charge is -2.25. The number of hydrogen-bond acceptors (Lipinski definition) is 6. The monoisotopic (exact) mass is 452 g/mol. The summed E-state index contributed by atoms with van der Waals surface area (Å²) in [6, 6.07) is 10.9. The van der Waals surface area contributed by atoms with Gasteiger partial charge in [-0.3, -0.25) is 29.1 Å². The van der Waals surface area contributed by atoms with Crippen LogP contribution in [0.1, 0.15) is 16.8 Å². The summed E-state index contributed by atoms with van der Waals surface area (Å²) < 4.78 is 1.77. The fourth-order valence-corrected chi connectivity index (χ4v) is 4.89. The third-order valence-corrected chi connectivity index (χ3v) is 6.38. The van der Waals surface area contributed by atoms with Crippen LogP contribution in [0.15, 0.2) is 71.8 Å². The maximum absolute atomic E-state index is 13.1. The number of carbonyl (C=O) groups excluding carboxylic acids is 3. The number of anilines is 1. The first-order valence-electron chi connectivity index (χ1n) is 10.8. The predicted octanol–water partition coefficient (Wildman–Crippen LogP) is 1.54. The highest BCUT2D eigenvalue weighted by Crippen LogP contribution is 2.40. The zero-order valence-electron chi connectivity index (χ0n) is 18.5. The van der Waals surface area contributed by atoms with Crippen LogP contribution in [0, 0.1) is 0 Å². The molecule has 168 valence electrons. The van der Waals surface area contributed by atoms with Gasteiger partial charge in [0.1, 0.15) is 11.7 Å². The Bertz CT molecular complexity index is 1510. The molecule has 1 unspecified atom stereocenters. The van der Waals surface area contributed by atoms with Crippen molar-refractivity contribution in [3.8, 4) is 0 Å². The van der Waals surface area contributed by atoms with Gasteiger partial charge in [-0.15, -0.1) is 0 Å². The highest BCUT2D eigenvalue weighted by Gasteiger charge is 2.41. The first kappa shape index (κ1) is 20.1. The number of aromatic nitrogens is 2. The molecule has 0 bridgehead atoms. The molecular weight excluding hydrogens is 432 g/mol. The number of imide groups is 1. The lowest BCUT2D eigenvalue weighted by atomic mass is 9.94. The molecule has 0 fully saturated rings. The van der Waals surface area contributed by atoms with Crippen LogP contribution in [0.2, 0.25) is 0 Å². The molecule has 0 spiro atoms. The number of aliphatic imine (C=N–C) groups is 1. The van der Waals surface area contributed by atoms with Crippen LogP contribution < -0.4 is 10.2 Å². The number of para-hydroxylation sites is 1. The number of pyridine rings is 1. The third-order valence-electron chi connectivity index (χ3n) is 6.38. The molecule has 1 atom stereocenters. The Morgan fingerprint density at radius 2 is 1.91 bits per heavy atom. The van der Waals surface area contributed by atoms with E-state index in [9.17, 15) is 14.4 Å². The second-order valence-corrected chi connectivity index (χ2v) is 8.55. The summed E-state index contributed by atoms with van der Waals surface area (Å²) in [5.41, 5.74) is 4.48. The van der Waals surface area contributed by atoms with Crippen LogP contribution >= 0.6 is 0 Å². The van der Waals surface area contributed by atoms with E-state index in [-0.39, 0.29) is 17.1 Å². The number of likely N-dealkylation sites (N-methyl/N-ethyl adjacent to an activating group) is 1. The average Bonchev–Trinajstić information content (AvgIpc) is 3.45. The third kappa shape index (κ3) is 2.76. The van der Waals surface area contributed by atoms with E-state index in [1.54, 1.807) is 48.2 Å². The first-order valence-corrected chi connectivity index (χ1v) is 10.8. The van der Waals surface area contributed by atoms with Crippen LogP contribution in [0.25, 0.3) is 11.2 Å². The molecule has 0 aliphatic carbocycles. The van der Waals surface area contributed by atoms with E-state index >= 15 is 0 Å². The fourth-order valence-electron chi connectivity index (χ4n) is 4.89. The molecule has 0 radical (unpaired) electrons. The Kier molecular flexibility index (Phi) is 4.28. The number of amides is 3. The fraction of sp³-hybridized carbons (Fsp3) is 0.160. The Morgan fingerprint density at radius 1 is 1.09 bits per heavy atom. The Balaban J connectivity index is 1.56. The van der Waals surface area contributed by atoms with E-state index in [4.69, 9.17) is 0 Å².